The van der Waals surface area contributed by atoms with Gasteiger partial charge in [-0.25, -0.2) is 4.99 Å². The maximum absolute atomic E-state index is 12.4. The van der Waals surface area contributed by atoms with E-state index in [1.54, 1.807) is 0 Å². The molecule has 1 aromatic rings. The Balaban J connectivity index is 1.98. The molecule has 1 N–H and O–H groups in total. The molecule has 0 aromatic heterocycles. The van der Waals surface area contributed by atoms with E-state index in [1.165, 1.54) is 5.69 Å². The lowest BCUT2D eigenvalue weighted by molar-refractivity contribution is -0.131. The smallest absolute Gasteiger partial charge is 0.242 e. The Hall–Kier alpha value is -2.50. The molecule has 27 heavy (non-hydrogen) atoms. The predicted molar refractivity (Wildman–Crippen MR) is 113 cm³/mol. The number of benzene rings is 1. The van der Waals surface area contributed by atoms with Crippen LogP contribution in [0.3, 0.4) is 0 Å². The molecule has 0 unspecified atom stereocenters. The number of likely N-dealkylation sites (N-methyl/N-ethyl adjacent to an activating group) is 2. The molecule has 6 heteroatoms. The van der Waals surface area contributed by atoms with Crippen LogP contribution in [0.25, 0.3) is 0 Å². The van der Waals surface area contributed by atoms with Crippen LogP contribution in [0.1, 0.15) is 26.3 Å². The second-order valence-corrected chi connectivity index (χ2v) is 6.64. The summed E-state index contributed by atoms with van der Waals surface area (Å²) in [6.45, 7) is 11.1. The third kappa shape index (κ3) is 6.01. The Morgan fingerprint density at radius 3 is 2.30 bits per heavy atom. The molecule has 0 radical (unpaired) electrons. The van der Waals surface area contributed by atoms with Gasteiger partial charge in [-0.3, -0.25) is 4.79 Å². The quantitative estimate of drug-likeness (QED) is 0.433. The van der Waals surface area contributed by atoms with Gasteiger partial charge in [-0.05, 0) is 38.5 Å². The highest BCUT2D eigenvalue weighted by Gasteiger charge is 2.15. The summed E-state index contributed by atoms with van der Waals surface area (Å²) in [5.74, 6) is 0.877. The van der Waals surface area contributed by atoms with Crippen molar-refractivity contribution in [2.24, 2.45) is 4.99 Å². The highest BCUT2D eigenvalue weighted by Crippen LogP contribution is 2.18. The Morgan fingerprint density at radius 1 is 1.11 bits per heavy atom. The van der Waals surface area contributed by atoms with Gasteiger partial charge in [0.05, 0.1) is 13.1 Å². The van der Waals surface area contributed by atoms with E-state index in [1.807, 2.05) is 37.6 Å². The van der Waals surface area contributed by atoms with E-state index >= 15 is 0 Å². The van der Waals surface area contributed by atoms with Crippen LogP contribution in [0, 0.1) is 0 Å². The summed E-state index contributed by atoms with van der Waals surface area (Å²) in [5.41, 5.74) is 2.39. The zero-order valence-electron chi connectivity index (χ0n) is 17.1. The van der Waals surface area contributed by atoms with Crippen molar-refractivity contribution in [1.29, 1.82) is 0 Å². The second-order valence-electron chi connectivity index (χ2n) is 6.64. The van der Waals surface area contributed by atoms with Crippen molar-refractivity contribution in [3.05, 3.63) is 42.0 Å². The molecule has 0 spiro atoms. The van der Waals surface area contributed by atoms with Crippen molar-refractivity contribution in [3.8, 4) is 0 Å². The Kier molecular flexibility index (Phi) is 8.17. The minimum atomic E-state index is 0.122. The summed E-state index contributed by atoms with van der Waals surface area (Å²) in [5, 5.41) is 3.28. The first-order valence-corrected chi connectivity index (χ1v) is 9.85. The number of anilines is 1. The van der Waals surface area contributed by atoms with Crippen molar-refractivity contribution in [2.75, 3.05) is 51.2 Å². The number of nitrogens with zero attached hydrogens (tertiary/aromatic N) is 4. The lowest BCUT2D eigenvalue weighted by Crippen LogP contribution is -2.45. The van der Waals surface area contributed by atoms with Crippen molar-refractivity contribution in [2.45, 2.75) is 27.3 Å². The van der Waals surface area contributed by atoms with Crippen LogP contribution in [0.4, 0.5) is 5.69 Å². The van der Waals surface area contributed by atoms with Crippen LogP contribution in [0.15, 0.2) is 41.4 Å². The monoisotopic (exact) mass is 371 g/mol. The summed E-state index contributed by atoms with van der Waals surface area (Å²) in [4.78, 5) is 23.1. The number of guanidine groups is 1. The Bertz CT molecular complexity index is 641. The van der Waals surface area contributed by atoms with Gasteiger partial charge in [-0.2, -0.15) is 0 Å². The number of carbonyl (C=O) groups excluding carboxylic acids is 1. The zero-order valence-corrected chi connectivity index (χ0v) is 17.1. The van der Waals surface area contributed by atoms with Crippen molar-refractivity contribution in [3.63, 3.8) is 0 Å². The molecule has 1 aromatic carbocycles. The van der Waals surface area contributed by atoms with Crippen LogP contribution in [-0.4, -0.2) is 68.0 Å². The number of hydrogen-bond acceptors (Lipinski definition) is 3. The molecule has 1 heterocycles. The minimum absolute atomic E-state index is 0.122. The van der Waals surface area contributed by atoms with Gasteiger partial charge in [0.15, 0.2) is 5.96 Å². The SMILES string of the molecule is CCNC(=NCc1ccc(N2CC=CC2)cc1)N(C)CC(=O)N(CC)CC. The maximum atomic E-state index is 12.4. The summed E-state index contributed by atoms with van der Waals surface area (Å²) in [6, 6.07) is 8.56. The van der Waals surface area contributed by atoms with Crippen LogP contribution in [0.5, 0.6) is 0 Å². The zero-order chi connectivity index (χ0) is 19.6. The van der Waals surface area contributed by atoms with Gasteiger partial charge >= 0.3 is 0 Å². The Labute approximate surface area is 163 Å². The summed E-state index contributed by atoms with van der Waals surface area (Å²) in [6.07, 6.45) is 4.38. The standard InChI is InChI=1S/C21H33N5O/c1-5-22-21(24(4)17-20(27)25(6-2)7-3)23-16-18-10-12-19(13-11-18)26-14-8-9-15-26/h8-13H,5-7,14-17H2,1-4H3,(H,22,23). The van der Waals surface area contributed by atoms with E-state index in [0.717, 1.165) is 44.2 Å². The number of aliphatic imine (C=N–C) groups is 1. The molecular weight excluding hydrogens is 338 g/mol. The van der Waals surface area contributed by atoms with Crippen LogP contribution < -0.4 is 10.2 Å². The number of carbonyl (C=O) groups is 1. The van der Waals surface area contributed by atoms with Gasteiger partial charge in [0.1, 0.15) is 0 Å². The Morgan fingerprint density at radius 2 is 1.74 bits per heavy atom. The average molecular weight is 372 g/mol. The second kappa shape index (κ2) is 10.6. The highest BCUT2D eigenvalue weighted by molar-refractivity contribution is 5.86. The molecule has 1 aliphatic rings. The first-order valence-electron chi connectivity index (χ1n) is 9.85. The lowest BCUT2D eigenvalue weighted by atomic mass is 10.2. The topological polar surface area (TPSA) is 51.2 Å². The largest absolute Gasteiger partial charge is 0.364 e. The van der Waals surface area contributed by atoms with Crippen molar-refractivity contribution >= 4 is 17.6 Å². The van der Waals surface area contributed by atoms with Crippen molar-refractivity contribution in [1.82, 2.24) is 15.1 Å². The normalized spacial score (nSPS) is 13.8. The van der Waals surface area contributed by atoms with Gasteiger partial charge in [0, 0.05) is 45.5 Å². The molecule has 0 aliphatic carbocycles. The first-order chi connectivity index (χ1) is 13.1. The number of amides is 1. The van der Waals surface area contributed by atoms with Crippen LogP contribution in [0.2, 0.25) is 0 Å². The maximum Gasteiger partial charge on any atom is 0.242 e. The fourth-order valence-electron chi connectivity index (χ4n) is 3.09. The fraction of sp³-hybridized carbons (Fsp3) is 0.524. The van der Waals surface area contributed by atoms with E-state index in [-0.39, 0.29) is 5.91 Å². The molecule has 0 atom stereocenters. The third-order valence-corrected chi connectivity index (χ3v) is 4.72. The average Bonchev–Trinajstić information content (AvgIpc) is 3.21. The molecule has 2 rings (SSSR count). The van der Waals surface area contributed by atoms with Crippen LogP contribution in [-0.2, 0) is 11.3 Å². The minimum Gasteiger partial charge on any atom is -0.364 e. The summed E-state index contributed by atoms with van der Waals surface area (Å²) >= 11 is 0. The number of hydrogen-bond donors (Lipinski definition) is 1. The van der Waals surface area contributed by atoms with E-state index in [9.17, 15) is 4.79 Å². The molecule has 1 amide bonds. The van der Waals surface area contributed by atoms with E-state index in [2.05, 4.69) is 46.6 Å². The van der Waals surface area contributed by atoms with E-state index in [0.29, 0.717) is 13.1 Å². The molecule has 0 saturated heterocycles. The summed E-state index contributed by atoms with van der Waals surface area (Å²) < 4.78 is 0. The van der Waals surface area contributed by atoms with Gasteiger partial charge in [0.25, 0.3) is 0 Å². The lowest BCUT2D eigenvalue weighted by Gasteiger charge is -2.25. The van der Waals surface area contributed by atoms with Gasteiger partial charge in [-0.1, -0.05) is 24.3 Å². The van der Waals surface area contributed by atoms with E-state index < -0.39 is 0 Å². The van der Waals surface area contributed by atoms with Gasteiger partial charge in [-0.15, -0.1) is 0 Å². The first kappa shape index (κ1) is 20.8. The molecule has 0 fully saturated rings. The van der Waals surface area contributed by atoms with Gasteiger partial charge < -0.3 is 20.0 Å². The van der Waals surface area contributed by atoms with Gasteiger partial charge in [0.2, 0.25) is 5.91 Å². The number of nitrogens with one attached hydrogen (secondary N) is 1. The van der Waals surface area contributed by atoms with E-state index in [4.69, 9.17) is 4.99 Å². The van der Waals surface area contributed by atoms with Crippen molar-refractivity contribution < 1.29 is 4.79 Å². The molecule has 0 saturated carbocycles. The predicted octanol–water partition coefficient (Wildman–Crippen LogP) is 2.33. The fourth-order valence-corrected chi connectivity index (χ4v) is 3.09. The molecule has 148 valence electrons. The number of rotatable bonds is 8. The molecule has 6 nitrogen and oxygen atoms in total. The van der Waals surface area contributed by atoms with Crippen LogP contribution >= 0.6 is 0 Å². The molecule has 1 aliphatic heterocycles. The molecular formula is C21H33N5O. The highest BCUT2D eigenvalue weighted by atomic mass is 16.2. The molecule has 0 bridgehead atoms. The summed E-state index contributed by atoms with van der Waals surface area (Å²) in [7, 11) is 1.91. The third-order valence-electron chi connectivity index (χ3n) is 4.72.